The summed E-state index contributed by atoms with van der Waals surface area (Å²) in [4.78, 5) is 12.8. The summed E-state index contributed by atoms with van der Waals surface area (Å²) in [7, 11) is 0. The van der Waals surface area contributed by atoms with Crippen LogP contribution >= 0.6 is 12.6 Å². The van der Waals surface area contributed by atoms with Crippen molar-refractivity contribution in [2.24, 2.45) is 5.92 Å². The van der Waals surface area contributed by atoms with E-state index in [4.69, 9.17) is 0 Å². The highest BCUT2D eigenvalue weighted by Gasteiger charge is 2.24. The molecule has 64 valence electrons. The fourth-order valence-electron chi connectivity index (χ4n) is 1.56. The van der Waals surface area contributed by atoms with Gasteiger partial charge in [0, 0.05) is 12.6 Å². The van der Waals surface area contributed by atoms with Crippen LogP contribution in [0.1, 0.15) is 26.7 Å². The van der Waals surface area contributed by atoms with E-state index in [2.05, 4.69) is 26.5 Å². The molecule has 1 saturated heterocycles. The van der Waals surface area contributed by atoms with Gasteiger partial charge in [0.1, 0.15) is 0 Å². The fourth-order valence-corrected chi connectivity index (χ4v) is 1.83. The molecule has 0 radical (unpaired) electrons. The Labute approximate surface area is 73.4 Å². The average Bonchev–Trinajstić information content (AvgIpc) is 1.94. The zero-order chi connectivity index (χ0) is 8.43. The van der Waals surface area contributed by atoms with Gasteiger partial charge in [-0.15, -0.1) is 0 Å². The second-order valence-electron chi connectivity index (χ2n) is 3.47. The number of hydrogen-bond donors (Lipinski definition) is 1. The van der Waals surface area contributed by atoms with Gasteiger partial charge in [0.25, 0.3) is 5.24 Å². The summed E-state index contributed by atoms with van der Waals surface area (Å²) < 4.78 is 0. The third-order valence-electron chi connectivity index (χ3n) is 2.36. The molecule has 2 nitrogen and oxygen atoms in total. The quantitative estimate of drug-likeness (QED) is 0.557. The van der Waals surface area contributed by atoms with Crippen LogP contribution in [0.5, 0.6) is 0 Å². The summed E-state index contributed by atoms with van der Waals surface area (Å²) in [5, 5.41) is -0.0796. The molecule has 0 aliphatic carbocycles. The highest BCUT2D eigenvalue weighted by atomic mass is 32.1. The Morgan fingerprint density at radius 1 is 1.45 bits per heavy atom. The predicted molar refractivity (Wildman–Crippen MR) is 48.9 cm³/mol. The second-order valence-corrected chi connectivity index (χ2v) is 3.85. The van der Waals surface area contributed by atoms with Crippen molar-refractivity contribution in [3.8, 4) is 0 Å². The van der Waals surface area contributed by atoms with Gasteiger partial charge in [-0.25, -0.2) is 0 Å². The Hall–Kier alpha value is -0.180. The van der Waals surface area contributed by atoms with E-state index in [0.29, 0.717) is 12.0 Å². The van der Waals surface area contributed by atoms with E-state index in [0.717, 1.165) is 13.0 Å². The predicted octanol–water partition coefficient (Wildman–Crippen LogP) is 2.16. The van der Waals surface area contributed by atoms with Gasteiger partial charge in [-0.2, -0.15) is 0 Å². The van der Waals surface area contributed by atoms with E-state index in [1.165, 1.54) is 6.42 Å². The van der Waals surface area contributed by atoms with Crippen molar-refractivity contribution in [1.82, 2.24) is 4.90 Å². The lowest BCUT2D eigenvalue weighted by atomic mass is 9.96. The van der Waals surface area contributed by atoms with Gasteiger partial charge in [0.05, 0.1) is 0 Å². The van der Waals surface area contributed by atoms with Crippen molar-refractivity contribution in [2.45, 2.75) is 32.7 Å². The van der Waals surface area contributed by atoms with Crippen molar-refractivity contribution >= 4 is 17.9 Å². The minimum Gasteiger partial charge on any atom is -0.331 e. The Morgan fingerprint density at radius 3 is 2.55 bits per heavy atom. The molecule has 1 fully saturated rings. The first-order chi connectivity index (χ1) is 5.11. The average molecular weight is 173 g/mol. The summed E-state index contributed by atoms with van der Waals surface area (Å²) in [5.41, 5.74) is 0. The van der Waals surface area contributed by atoms with Gasteiger partial charge in [-0.3, -0.25) is 4.79 Å². The Morgan fingerprint density at radius 2 is 2.09 bits per heavy atom. The van der Waals surface area contributed by atoms with E-state index >= 15 is 0 Å². The van der Waals surface area contributed by atoms with Crippen molar-refractivity contribution in [3.63, 3.8) is 0 Å². The van der Waals surface area contributed by atoms with Crippen LogP contribution in [0.4, 0.5) is 4.79 Å². The number of carbonyl (C=O) groups excluding carboxylic acids is 1. The molecule has 1 aliphatic rings. The number of likely N-dealkylation sites (tertiary alicyclic amines) is 1. The molecule has 0 aromatic rings. The molecule has 2 atom stereocenters. The molecule has 3 heteroatoms. The van der Waals surface area contributed by atoms with Gasteiger partial charge < -0.3 is 4.90 Å². The summed E-state index contributed by atoms with van der Waals surface area (Å²) in [6.45, 7) is 5.14. The highest BCUT2D eigenvalue weighted by molar-refractivity contribution is 7.96. The smallest absolute Gasteiger partial charge is 0.278 e. The molecule has 1 rings (SSSR count). The zero-order valence-electron chi connectivity index (χ0n) is 7.08. The van der Waals surface area contributed by atoms with Crippen LogP contribution in [0.25, 0.3) is 0 Å². The van der Waals surface area contributed by atoms with E-state index in [1.807, 2.05) is 4.90 Å². The number of nitrogens with zero attached hydrogens (tertiary/aromatic N) is 1. The van der Waals surface area contributed by atoms with Crippen molar-refractivity contribution in [1.29, 1.82) is 0 Å². The minimum atomic E-state index is -0.0796. The lowest BCUT2D eigenvalue weighted by Gasteiger charge is -2.35. The molecular formula is C8H15NOS. The summed E-state index contributed by atoms with van der Waals surface area (Å²) in [5.74, 6) is 0.641. The third kappa shape index (κ3) is 2.12. The first-order valence-electron chi connectivity index (χ1n) is 4.11. The van der Waals surface area contributed by atoms with Crippen LogP contribution in [0.15, 0.2) is 0 Å². The largest absolute Gasteiger partial charge is 0.331 e. The van der Waals surface area contributed by atoms with E-state index in [9.17, 15) is 4.79 Å². The normalized spacial score (nSPS) is 32.1. The molecule has 1 heterocycles. The van der Waals surface area contributed by atoms with Crippen LogP contribution < -0.4 is 0 Å². The van der Waals surface area contributed by atoms with Crippen LogP contribution in [0.3, 0.4) is 0 Å². The summed E-state index contributed by atoms with van der Waals surface area (Å²) in [6, 6.07) is 0.385. The standard InChI is InChI=1S/C8H15NOS/c1-6-3-4-7(2)9(5-6)8(10)11/h6-7H,3-5H2,1-2H3,(H,10,11). The van der Waals surface area contributed by atoms with Crippen molar-refractivity contribution < 1.29 is 4.79 Å². The molecule has 0 aromatic heterocycles. The number of hydrogen-bond acceptors (Lipinski definition) is 1. The lowest BCUT2D eigenvalue weighted by Crippen LogP contribution is -2.42. The molecule has 0 bridgehead atoms. The molecule has 2 unspecified atom stereocenters. The SMILES string of the molecule is CC1CCC(C)N(C(=O)S)C1. The molecule has 11 heavy (non-hydrogen) atoms. The Balaban J connectivity index is 2.54. The first kappa shape index (κ1) is 8.91. The van der Waals surface area contributed by atoms with Gasteiger partial charge in [0.2, 0.25) is 0 Å². The van der Waals surface area contributed by atoms with E-state index < -0.39 is 0 Å². The van der Waals surface area contributed by atoms with Crippen LogP contribution in [0.2, 0.25) is 0 Å². The summed E-state index contributed by atoms with van der Waals surface area (Å²) >= 11 is 3.83. The van der Waals surface area contributed by atoms with E-state index in [-0.39, 0.29) is 5.24 Å². The van der Waals surface area contributed by atoms with Crippen molar-refractivity contribution in [3.05, 3.63) is 0 Å². The Kier molecular flexibility index (Phi) is 2.82. The van der Waals surface area contributed by atoms with Crippen LogP contribution in [-0.4, -0.2) is 22.7 Å². The molecule has 0 aromatic carbocycles. The molecule has 1 aliphatic heterocycles. The molecule has 1 amide bonds. The zero-order valence-corrected chi connectivity index (χ0v) is 7.97. The molecular weight excluding hydrogens is 158 g/mol. The monoisotopic (exact) mass is 173 g/mol. The maximum absolute atomic E-state index is 10.9. The van der Waals surface area contributed by atoms with Gasteiger partial charge in [0.15, 0.2) is 0 Å². The second kappa shape index (κ2) is 3.48. The number of piperidine rings is 1. The lowest BCUT2D eigenvalue weighted by molar-refractivity contribution is 0.157. The van der Waals surface area contributed by atoms with Crippen LogP contribution in [0, 0.1) is 5.92 Å². The number of rotatable bonds is 0. The number of thiol groups is 1. The third-order valence-corrected chi connectivity index (χ3v) is 2.62. The van der Waals surface area contributed by atoms with Gasteiger partial charge >= 0.3 is 0 Å². The van der Waals surface area contributed by atoms with Gasteiger partial charge in [-0.05, 0) is 25.7 Å². The minimum absolute atomic E-state index is 0.0796. The highest BCUT2D eigenvalue weighted by Crippen LogP contribution is 2.22. The molecule has 0 spiro atoms. The summed E-state index contributed by atoms with van der Waals surface area (Å²) in [6.07, 6.45) is 2.35. The number of amides is 1. The van der Waals surface area contributed by atoms with Crippen LogP contribution in [-0.2, 0) is 0 Å². The first-order valence-corrected chi connectivity index (χ1v) is 4.55. The maximum Gasteiger partial charge on any atom is 0.278 e. The Bertz CT molecular complexity index is 160. The molecule has 0 saturated carbocycles. The van der Waals surface area contributed by atoms with E-state index in [1.54, 1.807) is 0 Å². The van der Waals surface area contributed by atoms with Crippen molar-refractivity contribution in [2.75, 3.05) is 6.54 Å². The topological polar surface area (TPSA) is 20.3 Å². The fraction of sp³-hybridized carbons (Fsp3) is 0.875. The maximum atomic E-state index is 10.9. The number of carbonyl (C=O) groups is 1. The van der Waals surface area contributed by atoms with Gasteiger partial charge in [-0.1, -0.05) is 19.6 Å². The molecule has 0 N–H and O–H groups in total.